The lowest BCUT2D eigenvalue weighted by atomic mass is 9.48. The van der Waals surface area contributed by atoms with E-state index in [0.717, 1.165) is 44.2 Å². The van der Waals surface area contributed by atoms with E-state index in [2.05, 4.69) is 29.8 Å². The lowest BCUT2D eigenvalue weighted by Crippen LogP contribution is -2.55. The normalized spacial score (nSPS) is 30.1. The lowest BCUT2D eigenvalue weighted by Gasteiger charge is -2.59. The lowest BCUT2D eigenvalue weighted by molar-refractivity contribution is -0.0687. The average Bonchev–Trinajstić information content (AvgIpc) is 3.34. The predicted molar refractivity (Wildman–Crippen MR) is 126 cm³/mol. The van der Waals surface area contributed by atoms with Gasteiger partial charge < -0.3 is 9.88 Å². The first-order chi connectivity index (χ1) is 14.9. The quantitative estimate of drug-likeness (QED) is 0.545. The second-order valence-electron chi connectivity index (χ2n) is 10.6. The fraction of sp³-hybridized carbons (Fsp3) is 0.538. The minimum Gasteiger partial charge on any atom is -0.348 e. The van der Waals surface area contributed by atoms with Gasteiger partial charge in [0.15, 0.2) is 0 Å². The van der Waals surface area contributed by atoms with E-state index in [0.29, 0.717) is 5.41 Å². The van der Waals surface area contributed by atoms with Gasteiger partial charge in [-0.15, -0.1) is 11.3 Å². The Kier molecular flexibility index (Phi) is 4.37. The van der Waals surface area contributed by atoms with E-state index in [4.69, 9.17) is 4.98 Å². The fourth-order valence-corrected chi connectivity index (χ4v) is 8.63. The van der Waals surface area contributed by atoms with Crippen LogP contribution in [0.15, 0.2) is 30.6 Å². The van der Waals surface area contributed by atoms with Gasteiger partial charge in [-0.25, -0.2) is 4.98 Å². The van der Waals surface area contributed by atoms with Gasteiger partial charge in [-0.3, -0.25) is 4.79 Å². The SMILES string of the molecule is Cc1cc(C)c2c(-n3cccc3)c(C(=O)N[C@H](C)C34CC5CC(CC(C5)C3)C4)sc2n1. The summed E-state index contributed by atoms with van der Waals surface area (Å²) in [7, 11) is 0. The molecule has 4 bridgehead atoms. The molecule has 0 aromatic carbocycles. The maximum absolute atomic E-state index is 13.7. The Bertz CT molecular complexity index is 1120. The van der Waals surface area contributed by atoms with Crippen LogP contribution in [0.2, 0.25) is 0 Å². The Morgan fingerprint density at radius 3 is 2.35 bits per heavy atom. The monoisotopic (exact) mass is 433 g/mol. The molecule has 31 heavy (non-hydrogen) atoms. The van der Waals surface area contributed by atoms with Crippen molar-refractivity contribution < 1.29 is 4.79 Å². The molecule has 0 saturated heterocycles. The number of hydrogen-bond donors (Lipinski definition) is 1. The highest BCUT2D eigenvalue weighted by molar-refractivity contribution is 7.21. The molecule has 4 nitrogen and oxygen atoms in total. The zero-order chi connectivity index (χ0) is 21.3. The average molecular weight is 434 g/mol. The predicted octanol–water partition coefficient (Wildman–Crippen LogP) is 6.04. The molecule has 3 aromatic heterocycles. The minimum atomic E-state index is 0.0620. The van der Waals surface area contributed by atoms with Crippen LogP contribution in [0.5, 0.6) is 0 Å². The number of fused-ring (bicyclic) bond motifs is 1. The number of aromatic nitrogens is 2. The molecule has 0 spiro atoms. The van der Waals surface area contributed by atoms with Gasteiger partial charge in [0.05, 0.1) is 5.69 Å². The number of carbonyl (C=O) groups is 1. The van der Waals surface area contributed by atoms with Gasteiger partial charge >= 0.3 is 0 Å². The number of amides is 1. The van der Waals surface area contributed by atoms with E-state index in [-0.39, 0.29) is 11.9 Å². The van der Waals surface area contributed by atoms with Gasteiger partial charge in [-0.2, -0.15) is 0 Å². The molecular formula is C26H31N3OS. The van der Waals surface area contributed by atoms with E-state index >= 15 is 0 Å². The molecule has 4 fully saturated rings. The van der Waals surface area contributed by atoms with Gasteiger partial charge in [0.2, 0.25) is 0 Å². The van der Waals surface area contributed by atoms with Gasteiger partial charge in [-0.1, -0.05) is 0 Å². The van der Waals surface area contributed by atoms with Crippen molar-refractivity contribution >= 4 is 27.5 Å². The number of aryl methyl sites for hydroxylation is 2. The number of nitrogens with zero attached hydrogens (tertiary/aromatic N) is 2. The molecule has 1 amide bonds. The van der Waals surface area contributed by atoms with E-state index in [9.17, 15) is 4.79 Å². The van der Waals surface area contributed by atoms with Crippen LogP contribution in [-0.4, -0.2) is 21.5 Å². The van der Waals surface area contributed by atoms with Crippen molar-refractivity contribution in [3.05, 3.63) is 46.7 Å². The summed E-state index contributed by atoms with van der Waals surface area (Å²) >= 11 is 1.53. The number of rotatable bonds is 4. The van der Waals surface area contributed by atoms with E-state index in [1.54, 1.807) is 0 Å². The maximum Gasteiger partial charge on any atom is 0.263 e. The number of nitrogens with one attached hydrogen (secondary N) is 1. The van der Waals surface area contributed by atoms with Crippen LogP contribution in [0.25, 0.3) is 15.9 Å². The molecule has 1 atom stereocenters. The highest BCUT2D eigenvalue weighted by Crippen LogP contribution is 2.61. The zero-order valence-electron chi connectivity index (χ0n) is 18.6. The van der Waals surface area contributed by atoms with Crippen LogP contribution >= 0.6 is 11.3 Å². The topological polar surface area (TPSA) is 46.9 Å². The van der Waals surface area contributed by atoms with E-state index in [1.165, 1.54) is 55.4 Å². The molecular weight excluding hydrogens is 402 g/mol. The molecule has 0 unspecified atom stereocenters. The first-order valence-corrected chi connectivity index (χ1v) is 12.6. The summed E-state index contributed by atoms with van der Waals surface area (Å²) in [6, 6.07) is 6.36. The number of hydrogen-bond acceptors (Lipinski definition) is 3. The largest absolute Gasteiger partial charge is 0.348 e. The third kappa shape index (κ3) is 3.07. The molecule has 3 aromatic rings. The number of thiophene rings is 1. The van der Waals surface area contributed by atoms with Crippen molar-refractivity contribution in [2.75, 3.05) is 0 Å². The molecule has 4 saturated carbocycles. The summed E-state index contributed by atoms with van der Waals surface area (Å²) < 4.78 is 2.08. The van der Waals surface area contributed by atoms with Crippen molar-refractivity contribution in [1.29, 1.82) is 0 Å². The van der Waals surface area contributed by atoms with Crippen LogP contribution in [0.3, 0.4) is 0 Å². The summed E-state index contributed by atoms with van der Waals surface area (Å²) in [5.41, 5.74) is 3.46. The minimum absolute atomic E-state index is 0.0620. The van der Waals surface area contributed by atoms with Gasteiger partial charge in [0, 0.05) is 29.5 Å². The summed E-state index contributed by atoms with van der Waals surface area (Å²) in [6.45, 7) is 6.41. The smallest absolute Gasteiger partial charge is 0.263 e. The Balaban J connectivity index is 1.37. The third-order valence-electron chi connectivity index (χ3n) is 8.38. The van der Waals surface area contributed by atoms with Crippen molar-refractivity contribution in [3.63, 3.8) is 0 Å². The molecule has 0 radical (unpaired) electrons. The second kappa shape index (κ2) is 6.93. The molecule has 162 valence electrons. The second-order valence-corrected chi connectivity index (χ2v) is 11.6. The highest BCUT2D eigenvalue weighted by atomic mass is 32.1. The standard InChI is InChI=1S/C26H31N3OS/c1-15-8-16(2)27-25-21(15)22(29-6-4-5-7-29)23(31-25)24(30)28-17(3)26-12-18-9-19(13-26)11-20(10-18)14-26/h4-8,17-20H,9-14H2,1-3H3,(H,28,30)/t17-,18?,19?,20?,26?/m1/s1. The van der Waals surface area contributed by atoms with Crippen LogP contribution in [0.4, 0.5) is 0 Å². The van der Waals surface area contributed by atoms with Gasteiger partial charge in [0.1, 0.15) is 9.71 Å². The van der Waals surface area contributed by atoms with Gasteiger partial charge in [0.25, 0.3) is 5.91 Å². The van der Waals surface area contributed by atoms with Crippen LogP contribution < -0.4 is 5.32 Å². The Morgan fingerprint density at radius 1 is 1.13 bits per heavy atom. The molecule has 0 aliphatic heterocycles. The molecule has 7 rings (SSSR count). The van der Waals surface area contributed by atoms with E-state index in [1.807, 2.05) is 31.5 Å². The number of pyridine rings is 1. The third-order valence-corrected chi connectivity index (χ3v) is 9.45. The first kappa shape index (κ1) is 19.5. The Labute approximate surface area is 188 Å². The number of carbonyl (C=O) groups excluding carboxylic acids is 1. The van der Waals surface area contributed by atoms with Crippen molar-refractivity contribution in [3.8, 4) is 5.69 Å². The summed E-state index contributed by atoms with van der Waals surface area (Å²) in [6.07, 6.45) is 12.3. The molecule has 4 aliphatic rings. The van der Waals surface area contributed by atoms with Crippen molar-refractivity contribution in [2.45, 2.75) is 65.3 Å². The van der Waals surface area contributed by atoms with Crippen LogP contribution in [0, 0.1) is 37.0 Å². The van der Waals surface area contributed by atoms with Crippen LogP contribution in [-0.2, 0) is 0 Å². The highest BCUT2D eigenvalue weighted by Gasteiger charge is 2.53. The first-order valence-electron chi connectivity index (χ1n) is 11.8. The fourth-order valence-electron chi connectivity index (χ4n) is 7.43. The van der Waals surface area contributed by atoms with Crippen molar-refractivity contribution in [1.82, 2.24) is 14.9 Å². The molecule has 5 heteroatoms. The zero-order valence-corrected chi connectivity index (χ0v) is 19.5. The Hall–Kier alpha value is -2.14. The van der Waals surface area contributed by atoms with Gasteiger partial charge in [-0.05, 0) is 106 Å². The van der Waals surface area contributed by atoms with Crippen molar-refractivity contribution in [2.24, 2.45) is 23.2 Å². The summed E-state index contributed by atoms with van der Waals surface area (Å²) in [4.78, 5) is 20.2. The maximum atomic E-state index is 13.7. The van der Waals surface area contributed by atoms with E-state index < -0.39 is 0 Å². The Morgan fingerprint density at radius 2 is 1.74 bits per heavy atom. The molecule has 3 heterocycles. The molecule has 1 N–H and O–H groups in total. The summed E-state index contributed by atoms with van der Waals surface area (Å²) in [5, 5.41) is 4.58. The van der Waals surface area contributed by atoms with Crippen LogP contribution in [0.1, 0.15) is 66.4 Å². The summed E-state index contributed by atoms with van der Waals surface area (Å²) in [5.74, 6) is 2.73. The molecule has 4 aliphatic carbocycles.